The molecule has 0 bridgehead atoms. The third-order valence-corrected chi connectivity index (χ3v) is 6.54. The van der Waals surface area contributed by atoms with Crippen LogP contribution >= 0.6 is 0 Å². The molecule has 0 fully saturated rings. The highest BCUT2D eigenvalue weighted by molar-refractivity contribution is 5.98. The predicted molar refractivity (Wildman–Crippen MR) is 136 cm³/mol. The molecule has 1 aliphatic heterocycles. The monoisotopic (exact) mass is 485 g/mol. The van der Waals surface area contributed by atoms with Crippen LogP contribution in [0.25, 0.3) is 11.1 Å². The number of likely N-dealkylation sites (N-methyl/N-ethyl adjacent to an activating group) is 1. The van der Waals surface area contributed by atoms with Gasteiger partial charge in [0.1, 0.15) is 11.7 Å². The topological polar surface area (TPSA) is 103 Å². The average molecular weight is 486 g/mol. The highest BCUT2D eigenvalue weighted by Gasteiger charge is 2.34. The van der Waals surface area contributed by atoms with E-state index in [0.29, 0.717) is 24.2 Å². The third-order valence-electron chi connectivity index (χ3n) is 6.54. The molecule has 1 aliphatic rings. The van der Waals surface area contributed by atoms with Crippen molar-refractivity contribution in [2.24, 2.45) is 5.92 Å². The van der Waals surface area contributed by atoms with Gasteiger partial charge in [-0.1, -0.05) is 19.1 Å². The number of aliphatic hydroxyl groups is 1. The first-order chi connectivity index (χ1) is 17.4. The van der Waals surface area contributed by atoms with Crippen molar-refractivity contribution in [2.75, 3.05) is 26.7 Å². The molecule has 0 aliphatic carbocycles. The van der Waals surface area contributed by atoms with Crippen molar-refractivity contribution in [1.29, 1.82) is 5.26 Å². The van der Waals surface area contributed by atoms with Gasteiger partial charge in [-0.2, -0.15) is 5.26 Å². The van der Waals surface area contributed by atoms with Crippen LogP contribution in [-0.2, 0) is 6.54 Å². The molecular formula is C28H31N5O3. The summed E-state index contributed by atoms with van der Waals surface area (Å²) in [5.41, 5.74) is 3.55. The molecule has 36 heavy (non-hydrogen) atoms. The number of rotatable bonds is 7. The number of nitrogens with zero attached hydrogens (tertiary/aromatic N) is 5. The summed E-state index contributed by atoms with van der Waals surface area (Å²) >= 11 is 0. The number of hydrogen-bond donors (Lipinski definition) is 1. The summed E-state index contributed by atoms with van der Waals surface area (Å²) in [6.45, 7) is 5.57. The zero-order chi connectivity index (χ0) is 25.7. The van der Waals surface area contributed by atoms with E-state index >= 15 is 0 Å². The van der Waals surface area contributed by atoms with Crippen LogP contribution in [0.4, 0.5) is 0 Å². The number of ether oxygens (including phenoxy) is 1. The lowest BCUT2D eigenvalue weighted by Gasteiger charge is -2.37. The first-order valence-corrected chi connectivity index (χ1v) is 12.1. The summed E-state index contributed by atoms with van der Waals surface area (Å²) < 4.78 is 6.40. The van der Waals surface area contributed by atoms with Crippen molar-refractivity contribution in [1.82, 2.24) is 19.8 Å². The number of nitriles is 1. The number of carbonyl (C=O) groups excluding carboxylic acids is 1. The minimum atomic E-state index is -0.355. The first-order valence-electron chi connectivity index (χ1n) is 12.1. The Hall–Kier alpha value is -3.80. The molecule has 1 N–H and O–H groups in total. The van der Waals surface area contributed by atoms with Gasteiger partial charge in [0.25, 0.3) is 5.91 Å². The highest BCUT2D eigenvalue weighted by atomic mass is 16.5. The van der Waals surface area contributed by atoms with Gasteiger partial charge in [-0.3, -0.25) is 14.7 Å². The molecule has 3 aromatic rings. The molecule has 3 atom stereocenters. The van der Waals surface area contributed by atoms with E-state index in [1.807, 2.05) is 32.2 Å². The number of benzene rings is 1. The van der Waals surface area contributed by atoms with E-state index in [1.54, 1.807) is 47.8 Å². The number of carbonyl (C=O) groups is 1. The van der Waals surface area contributed by atoms with Gasteiger partial charge in [-0.05, 0) is 55.4 Å². The summed E-state index contributed by atoms with van der Waals surface area (Å²) in [5, 5.41) is 19.2. The van der Waals surface area contributed by atoms with Crippen LogP contribution in [0.2, 0.25) is 0 Å². The largest absolute Gasteiger partial charge is 0.472 e. The highest BCUT2D eigenvalue weighted by Crippen LogP contribution is 2.30. The summed E-state index contributed by atoms with van der Waals surface area (Å²) in [6.07, 6.45) is 5.01. The number of aliphatic hydroxyl groups excluding tert-OH is 1. The second-order valence-electron chi connectivity index (χ2n) is 9.44. The Morgan fingerprint density at radius 3 is 2.75 bits per heavy atom. The SMILES string of the molecule is C[C@H]1CN([C@@H](C)CO)C(=O)c2cc(-c3cccc(C#N)c3)cnc2O[C@H]1CN(C)Cc1ccncc1. The Kier molecular flexibility index (Phi) is 7.93. The zero-order valence-electron chi connectivity index (χ0n) is 20.8. The maximum absolute atomic E-state index is 13.6. The van der Waals surface area contributed by atoms with Crippen molar-refractivity contribution < 1.29 is 14.6 Å². The Bertz CT molecular complexity index is 1240. The van der Waals surface area contributed by atoms with Crippen molar-refractivity contribution in [3.63, 3.8) is 0 Å². The van der Waals surface area contributed by atoms with E-state index in [2.05, 4.69) is 27.9 Å². The van der Waals surface area contributed by atoms with Crippen LogP contribution < -0.4 is 4.74 Å². The fraction of sp³-hybridized carbons (Fsp3) is 0.357. The second-order valence-corrected chi connectivity index (χ2v) is 9.44. The molecule has 8 nitrogen and oxygen atoms in total. The lowest BCUT2D eigenvalue weighted by atomic mass is 9.98. The number of aromatic nitrogens is 2. The quantitative estimate of drug-likeness (QED) is 0.547. The van der Waals surface area contributed by atoms with E-state index in [0.717, 1.165) is 23.2 Å². The lowest BCUT2D eigenvalue weighted by molar-refractivity contribution is 0.0325. The molecule has 0 unspecified atom stereocenters. The normalized spacial score (nSPS) is 18.6. The van der Waals surface area contributed by atoms with Crippen LogP contribution in [0.1, 0.15) is 35.3 Å². The fourth-order valence-corrected chi connectivity index (χ4v) is 4.42. The fourth-order valence-electron chi connectivity index (χ4n) is 4.42. The second kappa shape index (κ2) is 11.3. The van der Waals surface area contributed by atoms with E-state index < -0.39 is 0 Å². The van der Waals surface area contributed by atoms with Crippen LogP contribution in [0.3, 0.4) is 0 Å². The molecule has 0 radical (unpaired) electrons. The maximum Gasteiger partial charge on any atom is 0.259 e. The van der Waals surface area contributed by atoms with Gasteiger partial charge in [-0.15, -0.1) is 0 Å². The van der Waals surface area contributed by atoms with Crippen LogP contribution in [0, 0.1) is 17.2 Å². The molecule has 1 amide bonds. The van der Waals surface area contributed by atoms with Gasteiger partial charge in [0.2, 0.25) is 5.88 Å². The van der Waals surface area contributed by atoms with Gasteiger partial charge < -0.3 is 14.7 Å². The Labute approximate surface area is 211 Å². The third kappa shape index (κ3) is 5.70. The van der Waals surface area contributed by atoms with Crippen LogP contribution in [-0.4, -0.2) is 69.7 Å². The Morgan fingerprint density at radius 2 is 2.03 bits per heavy atom. The van der Waals surface area contributed by atoms with Gasteiger partial charge >= 0.3 is 0 Å². The molecule has 2 aromatic heterocycles. The average Bonchev–Trinajstić information content (AvgIpc) is 2.90. The predicted octanol–water partition coefficient (Wildman–Crippen LogP) is 3.37. The molecule has 4 rings (SSSR count). The summed E-state index contributed by atoms with van der Waals surface area (Å²) in [5.74, 6) is 0.0572. The lowest BCUT2D eigenvalue weighted by Crippen LogP contribution is -2.49. The number of pyridine rings is 2. The standard InChI is InChI=1S/C28H31N5O3/c1-19-15-33(20(2)18-34)28(35)25-12-24(23-6-4-5-22(11-23)13-29)14-31-27(25)36-26(19)17-32(3)16-21-7-9-30-10-8-21/h4-12,14,19-20,26,34H,15-18H2,1-3H3/t19-,20-,26-/m0/s1. The molecule has 0 spiro atoms. The molecule has 3 heterocycles. The molecule has 0 saturated heterocycles. The Morgan fingerprint density at radius 1 is 1.25 bits per heavy atom. The van der Waals surface area contributed by atoms with Crippen molar-refractivity contribution in [2.45, 2.75) is 32.5 Å². The van der Waals surface area contributed by atoms with Crippen LogP contribution in [0.15, 0.2) is 61.1 Å². The molecular weight excluding hydrogens is 454 g/mol. The first kappa shape index (κ1) is 25.3. The number of fused-ring (bicyclic) bond motifs is 1. The van der Waals surface area contributed by atoms with E-state index in [4.69, 9.17) is 4.74 Å². The van der Waals surface area contributed by atoms with Gasteiger partial charge in [0, 0.05) is 49.7 Å². The molecule has 186 valence electrons. The van der Waals surface area contributed by atoms with E-state index in [1.165, 1.54) is 0 Å². The van der Waals surface area contributed by atoms with E-state index in [-0.39, 0.29) is 36.5 Å². The molecule has 1 aromatic carbocycles. The van der Waals surface area contributed by atoms with Crippen LogP contribution in [0.5, 0.6) is 5.88 Å². The Balaban J connectivity index is 1.67. The number of amides is 1. The minimum absolute atomic E-state index is 0.00442. The smallest absolute Gasteiger partial charge is 0.259 e. The van der Waals surface area contributed by atoms with Crippen molar-refractivity contribution in [3.8, 4) is 23.1 Å². The summed E-state index contributed by atoms with van der Waals surface area (Å²) in [7, 11) is 2.04. The summed E-state index contributed by atoms with van der Waals surface area (Å²) in [6, 6.07) is 14.7. The van der Waals surface area contributed by atoms with Crippen molar-refractivity contribution in [3.05, 3.63) is 77.7 Å². The minimum Gasteiger partial charge on any atom is -0.472 e. The van der Waals surface area contributed by atoms with Gasteiger partial charge in [0.05, 0.1) is 24.3 Å². The number of hydrogen-bond acceptors (Lipinski definition) is 7. The maximum atomic E-state index is 13.6. The van der Waals surface area contributed by atoms with Crippen molar-refractivity contribution >= 4 is 5.91 Å². The van der Waals surface area contributed by atoms with Gasteiger partial charge in [0.15, 0.2) is 0 Å². The molecule has 0 saturated carbocycles. The summed E-state index contributed by atoms with van der Waals surface area (Å²) in [4.78, 5) is 26.2. The van der Waals surface area contributed by atoms with E-state index in [9.17, 15) is 15.2 Å². The van der Waals surface area contributed by atoms with Gasteiger partial charge in [-0.25, -0.2) is 4.98 Å². The molecule has 8 heteroatoms. The zero-order valence-corrected chi connectivity index (χ0v) is 20.8.